The van der Waals surface area contributed by atoms with E-state index >= 15 is 0 Å². The minimum Gasteiger partial charge on any atom is -0.353 e. The Balaban J connectivity index is 1.64. The van der Waals surface area contributed by atoms with Crippen LogP contribution in [0.15, 0.2) is 0 Å². The Morgan fingerprint density at radius 2 is 1.56 bits per heavy atom. The average molecular weight is 219 g/mol. The fourth-order valence-corrected chi connectivity index (χ4v) is 5.68. The summed E-state index contributed by atoms with van der Waals surface area (Å²) in [6.07, 6.45) is 10.7. The van der Waals surface area contributed by atoms with Gasteiger partial charge in [0, 0.05) is 12.5 Å². The Kier molecular flexibility index (Phi) is 1.79. The van der Waals surface area contributed by atoms with E-state index in [4.69, 9.17) is 0 Å². The van der Waals surface area contributed by atoms with Gasteiger partial charge in [0.2, 0.25) is 5.91 Å². The zero-order valence-corrected chi connectivity index (χ0v) is 9.87. The molecule has 0 aromatic rings. The maximum atomic E-state index is 11.4. The summed E-state index contributed by atoms with van der Waals surface area (Å²) in [4.78, 5) is 11.4. The molecule has 1 heterocycles. The highest BCUT2D eigenvalue weighted by Crippen LogP contribution is 2.62. The van der Waals surface area contributed by atoms with Crippen molar-refractivity contribution in [1.29, 1.82) is 0 Å². The molecule has 4 aliphatic carbocycles. The fraction of sp³-hybridized carbons (Fsp3) is 0.929. The minimum absolute atomic E-state index is 0.306. The van der Waals surface area contributed by atoms with Crippen LogP contribution in [-0.2, 0) is 4.79 Å². The molecule has 4 bridgehead atoms. The van der Waals surface area contributed by atoms with E-state index in [2.05, 4.69) is 5.32 Å². The first kappa shape index (κ1) is 9.49. The summed E-state index contributed by atoms with van der Waals surface area (Å²) in [7, 11) is 0. The molecule has 2 nitrogen and oxygen atoms in total. The highest BCUT2D eigenvalue weighted by molar-refractivity contribution is 5.78. The normalized spacial score (nSPS) is 54.4. The molecule has 0 aromatic heterocycles. The lowest BCUT2D eigenvalue weighted by Crippen LogP contribution is -2.54. The van der Waals surface area contributed by atoms with E-state index in [1.807, 2.05) is 0 Å². The van der Waals surface area contributed by atoms with Crippen molar-refractivity contribution in [3.8, 4) is 0 Å². The average Bonchev–Trinajstić information content (AvgIpc) is 2.63. The monoisotopic (exact) mass is 219 g/mol. The van der Waals surface area contributed by atoms with Gasteiger partial charge in [0.25, 0.3) is 0 Å². The van der Waals surface area contributed by atoms with Crippen LogP contribution in [0.1, 0.15) is 51.4 Å². The van der Waals surface area contributed by atoms with Gasteiger partial charge in [0.1, 0.15) is 0 Å². The Morgan fingerprint density at radius 1 is 1.00 bits per heavy atom. The lowest BCUT2D eigenvalue weighted by Gasteiger charge is -2.59. The van der Waals surface area contributed by atoms with Crippen molar-refractivity contribution in [2.75, 3.05) is 0 Å². The predicted molar refractivity (Wildman–Crippen MR) is 61.8 cm³/mol. The topological polar surface area (TPSA) is 29.1 Å². The molecular weight excluding hydrogens is 198 g/mol. The van der Waals surface area contributed by atoms with Gasteiger partial charge in [-0.05, 0) is 68.1 Å². The van der Waals surface area contributed by atoms with Gasteiger partial charge in [-0.1, -0.05) is 0 Å². The van der Waals surface area contributed by atoms with Gasteiger partial charge in [0.05, 0.1) is 0 Å². The molecule has 4 saturated carbocycles. The summed E-state index contributed by atoms with van der Waals surface area (Å²) in [5.74, 6) is 3.32. The van der Waals surface area contributed by atoms with Crippen LogP contribution in [0.3, 0.4) is 0 Å². The van der Waals surface area contributed by atoms with Crippen molar-refractivity contribution in [2.24, 2.45) is 23.2 Å². The third kappa shape index (κ3) is 1.22. The van der Waals surface area contributed by atoms with Gasteiger partial charge in [-0.15, -0.1) is 0 Å². The Morgan fingerprint density at radius 3 is 2.00 bits per heavy atom. The Hall–Kier alpha value is -0.530. The zero-order chi connectivity index (χ0) is 10.8. The first-order chi connectivity index (χ1) is 7.73. The zero-order valence-electron chi connectivity index (χ0n) is 9.87. The molecule has 1 aliphatic heterocycles. The molecule has 2 heteroatoms. The summed E-state index contributed by atoms with van der Waals surface area (Å²) in [5.41, 5.74) is 0.529. The molecule has 5 fully saturated rings. The Labute approximate surface area is 97.2 Å². The van der Waals surface area contributed by atoms with Crippen LogP contribution in [0, 0.1) is 23.2 Å². The second-order valence-electron chi connectivity index (χ2n) is 6.94. The Bertz CT molecular complexity index is 300. The molecule has 0 radical (unpaired) electrons. The van der Waals surface area contributed by atoms with Gasteiger partial charge < -0.3 is 5.32 Å². The second kappa shape index (κ2) is 3.02. The lowest BCUT2D eigenvalue weighted by molar-refractivity contribution is -0.121. The molecule has 1 amide bonds. The summed E-state index contributed by atoms with van der Waals surface area (Å²) in [5, 5.41) is 3.27. The van der Waals surface area contributed by atoms with E-state index in [9.17, 15) is 4.79 Å². The molecule has 1 atom stereocenters. The first-order valence-electron chi connectivity index (χ1n) is 7.03. The molecule has 5 rings (SSSR count). The van der Waals surface area contributed by atoms with E-state index in [0.717, 1.165) is 30.6 Å². The SMILES string of the molecule is O=C1CC[C@@H](C23CC4CC(CC(C4)C2)C3)N1. The van der Waals surface area contributed by atoms with Gasteiger partial charge in [-0.25, -0.2) is 0 Å². The van der Waals surface area contributed by atoms with E-state index in [1.165, 1.54) is 38.5 Å². The van der Waals surface area contributed by atoms with Crippen molar-refractivity contribution in [1.82, 2.24) is 5.32 Å². The molecule has 16 heavy (non-hydrogen) atoms. The molecule has 1 N–H and O–H groups in total. The van der Waals surface area contributed by atoms with Crippen molar-refractivity contribution in [2.45, 2.75) is 57.4 Å². The number of amides is 1. The second-order valence-corrected chi connectivity index (χ2v) is 6.94. The minimum atomic E-state index is 0.306. The molecular formula is C14H21NO. The maximum Gasteiger partial charge on any atom is 0.220 e. The highest BCUT2D eigenvalue weighted by atomic mass is 16.1. The van der Waals surface area contributed by atoms with Gasteiger partial charge in [-0.3, -0.25) is 4.79 Å². The van der Waals surface area contributed by atoms with Crippen molar-refractivity contribution >= 4 is 5.91 Å². The van der Waals surface area contributed by atoms with Crippen LogP contribution >= 0.6 is 0 Å². The number of nitrogens with one attached hydrogen (secondary N) is 1. The number of hydrogen-bond acceptors (Lipinski definition) is 1. The van der Waals surface area contributed by atoms with Crippen molar-refractivity contribution in [3.63, 3.8) is 0 Å². The molecule has 0 unspecified atom stereocenters. The third-order valence-electron chi connectivity index (χ3n) is 5.82. The number of carbonyl (C=O) groups excluding carboxylic acids is 1. The molecule has 1 saturated heterocycles. The van der Waals surface area contributed by atoms with Crippen LogP contribution in [0.2, 0.25) is 0 Å². The largest absolute Gasteiger partial charge is 0.353 e. The van der Waals surface area contributed by atoms with Gasteiger partial charge in [-0.2, -0.15) is 0 Å². The number of rotatable bonds is 1. The van der Waals surface area contributed by atoms with Crippen molar-refractivity contribution < 1.29 is 4.79 Å². The first-order valence-corrected chi connectivity index (χ1v) is 7.03. The van der Waals surface area contributed by atoms with Gasteiger partial charge in [0.15, 0.2) is 0 Å². The van der Waals surface area contributed by atoms with E-state index in [0.29, 0.717) is 17.4 Å². The van der Waals surface area contributed by atoms with E-state index in [-0.39, 0.29) is 0 Å². The van der Waals surface area contributed by atoms with E-state index in [1.54, 1.807) is 0 Å². The summed E-state index contributed by atoms with van der Waals surface area (Å²) in [6.45, 7) is 0. The lowest BCUT2D eigenvalue weighted by atomic mass is 9.47. The van der Waals surface area contributed by atoms with Gasteiger partial charge >= 0.3 is 0 Å². The van der Waals surface area contributed by atoms with Crippen LogP contribution in [0.5, 0.6) is 0 Å². The number of carbonyl (C=O) groups is 1. The standard InChI is InChI=1S/C14H21NO/c16-13-2-1-12(15-13)14-6-9-3-10(7-14)5-11(4-9)8-14/h9-12H,1-8H2,(H,15,16)/t9?,10?,11?,12-,14?/m0/s1. The summed E-state index contributed by atoms with van der Waals surface area (Å²) >= 11 is 0. The third-order valence-corrected chi connectivity index (χ3v) is 5.82. The van der Waals surface area contributed by atoms with Crippen LogP contribution in [-0.4, -0.2) is 11.9 Å². The fourth-order valence-electron chi connectivity index (χ4n) is 5.68. The maximum absolute atomic E-state index is 11.4. The highest BCUT2D eigenvalue weighted by Gasteiger charge is 2.55. The predicted octanol–water partition coefficient (Wildman–Crippen LogP) is 2.48. The summed E-state index contributed by atoms with van der Waals surface area (Å²) in [6, 6.07) is 0.536. The smallest absolute Gasteiger partial charge is 0.220 e. The van der Waals surface area contributed by atoms with Crippen LogP contribution in [0.25, 0.3) is 0 Å². The van der Waals surface area contributed by atoms with Crippen LogP contribution < -0.4 is 5.32 Å². The molecule has 0 spiro atoms. The van der Waals surface area contributed by atoms with Crippen LogP contribution in [0.4, 0.5) is 0 Å². The van der Waals surface area contributed by atoms with Crippen molar-refractivity contribution in [3.05, 3.63) is 0 Å². The molecule has 5 aliphatic rings. The molecule has 0 aromatic carbocycles. The summed E-state index contributed by atoms with van der Waals surface area (Å²) < 4.78 is 0. The molecule has 88 valence electrons. The quantitative estimate of drug-likeness (QED) is 0.721. The number of hydrogen-bond donors (Lipinski definition) is 1. The van der Waals surface area contributed by atoms with E-state index < -0.39 is 0 Å².